The first-order chi connectivity index (χ1) is 6.18. The Balaban J connectivity index is 1.90. The zero-order valence-corrected chi connectivity index (χ0v) is 8.81. The normalized spacial score (nSPS) is 16.5. The van der Waals surface area contributed by atoms with E-state index in [1.54, 1.807) is 0 Å². The summed E-state index contributed by atoms with van der Waals surface area (Å²) >= 11 is 0. The van der Waals surface area contributed by atoms with Gasteiger partial charge in [-0.05, 0) is 12.3 Å². The second kappa shape index (κ2) is 5.38. The van der Waals surface area contributed by atoms with Gasteiger partial charge in [-0.1, -0.05) is 26.7 Å². The maximum absolute atomic E-state index is 11.3. The summed E-state index contributed by atoms with van der Waals surface area (Å²) in [6, 6.07) is 0.497. The van der Waals surface area contributed by atoms with Crippen LogP contribution in [-0.4, -0.2) is 18.4 Å². The van der Waals surface area contributed by atoms with Crippen LogP contribution in [0.5, 0.6) is 0 Å². The third kappa shape index (κ3) is 5.81. The second-order valence-electron chi connectivity index (χ2n) is 4.38. The van der Waals surface area contributed by atoms with E-state index in [0.29, 0.717) is 18.2 Å². The highest BCUT2D eigenvalue weighted by molar-refractivity contribution is 5.78. The number of hydrogen-bond donors (Lipinski definition) is 1. The Bertz CT molecular complexity index is 161. The maximum atomic E-state index is 11.3. The molecule has 0 bridgehead atoms. The van der Waals surface area contributed by atoms with Crippen LogP contribution >= 0.6 is 0 Å². The molecule has 1 aliphatic rings. The molecule has 0 radical (unpaired) electrons. The van der Waals surface area contributed by atoms with Crippen molar-refractivity contribution in [2.24, 2.45) is 5.92 Å². The summed E-state index contributed by atoms with van der Waals surface area (Å²) < 4.78 is 0. The van der Waals surface area contributed by atoms with Gasteiger partial charge >= 0.3 is 0 Å². The van der Waals surface area contributed by atoms with Crippen molar-refractivity contribution in [3.8, 4) is 0 Å². The number of rotatable bonds is 7. The lowest BCUT2D eigenvalue weighted by Gasteiger charge is -2.06. The molecule has 0 unspecified atom stereocenters. The first-order valence-electron chi connectivity index (χ1n) is 5.43. The molecule has 1 aliphatic carbocycles. The molecule has 1 N–H and O–H groups in total. The van der Waals surface area contributed by atoms with Gasteiger partial charge in [-0.3, -0.25) is 4.79 Å². The maximum Gasteiger partial charge on any atom is 0.134 e. The molecule has 1 saturated carbocycles. The van der Waals surface area contributed by atoms with E-state index in [2.05, 4.69) is 19.2 Å². The second-order valence-corrected chi connectivity index (χ2v) is 4.38. The van der Waals surface area contributed by atoms with E-state index < -0.39 is 0 Å². The van der Waals surface area contributed by atoms with Crippen LogP contribution < -0.4 is 5.32 Å². The van der Waals surface area contributed by atoms with Crippen LogP contribution in [0.15, 0.2) is 0 Å². The highest BCUT2D eigenvalue weighted by atomic mass is 16.1. The lowest BCUT2D eigenvalue weighted by atomic mass is 10.1. The molecule has 0 aliphatic heterocycles. The molecule has 0 atom stereocenters. The minimum Gasteiger partial charge on any atom is -0.314 e. The molecule has 0 aromatic rings. The Hall–Kier alpha value is -0.370. The van der Waals surface area contributed by atoms with Gasteiger partial charge in [0.25, 0.3) is 0 Å². The smallest absolute Gasteiger partial charge is 0.134 e. The van der Waals surface area contributed by atoms with Gasteiger partial charge in [-0.2, -0.15) is 0 Å². The molecule has 2 nitrogen and oxygen atoms in total. The zero-order valence-electron chi connectivity index (χ0n) is 8.81. The van der Waals surface area contributed by atoms with E-state index in [1.807, 2.05) is 0 Å². The molecule has 2 heteroatoms. The predicted octanol–water partition coefficient (Wildman–Crippen LogP) is 2.13. The van der Waals surface area contributed by atoms with Gasteiger partial charge in [0.05, 0.1) is 0 Å². The van der Waals surface area contributed by atoms with Crippen LogP contribution in [0, 0.1) is 5.92 Å². The summed E-state index contributed by atoms with van der Waals surface area (Å²) in [6.07, 6.45) is 5.38. The van der Waals surface area contributed by atoms with Crippen LogP contribution in [0.3, 0.4) is 0 Å². The monoisotopic (exact) mass is 183 g/mol. The van der Waals surface area contributed by atoms with E-state index in [1.165, 1.54) is 12.8 Å². The summed E-state index contributed by atoms with van der Waals surface area (Å²) in [5.74, 6) is 1.32. The average molecular weight is 183 g/mol. The summed E-state index contributed by atoms with van der Waals surface area (Å²) in [6.45, 7) is 5.06. The van der Waals surface area contributed by atoms with E-state index in [4.69, 9.17) is 0 Å². The summed E-state index contributed by atoms with van der Waals surface area (Å²) in [5, 5.41) is 3.26. The molecule has 13 heavy (non-hydrogen) atoms. The van der Waals surface area contributed by atoms with E-state index in [-0.39, 0.29) is 0 Å². The van der Waals surface area contributed by atoms with Crippen molar-refractivity contribution in [3.05, 3.63) is 0 Å². The van der Waals surface area contributed by atoms with Crippen LogP contribution in [0.25, 0.3) is 0 Å². The molecular formula is C11H21NO. The molecule has 76 valence electrons. The first-order valence-corrected chi connectivity index (χ1v) is 5.43. The summed E-state index contributed by atoms with van der Waals surface area (Å²) in [5.41, 5.74) is 0. The van der Waals surface area contributed by atoms with Crippen LogP contribution in [0.4, 0.5) is 0 Å². The van der Waals surface area contributed by atoms with Gasteiger partial charge in [0, 0.05) is 25.4 Å². The van der Waals surface area contributed by atoms with Gasteiger partial charge < -0.3 is 5.32 Å². The van der Waals surface area contributed by atoms with Crippen LogP contribution in [0.1, 0.15) is 46.0 Å². The minimum atomic E-state index is 0.431. The van der Waals surface area contributed by atoms with Crippen molar-refractivity contribution in [1.82, 2.24) is 5.32 Å². The zero-order chi connectivity index (χ0) is 9.68. The van der Waals surface area contributed by atoms with Crippen molar-refractivity contribution < 1.29 is 4.79 Å². The molecule has 0 heterocycles. The van der Waals surface area contributed by atoms with Crippen molar-refractivity contribution in [3.63, 3.8) is 0 Å². The third-order valence-corrected chi connectivity index (χ3v) is 2.48. The molecule has 1 rings (SSSR count). The van der Waals surface area contributed by atoms with Gasteiger partial charge in [0.15, 0.2) is 0 Å². The molecule has 0 saturated heterocycles. The van der Waals surface area contributed by atoms with E-state index in [0.717, 1.165) is 25.3 Å². The van der Waals surface area contributed by atoms with Crippen molar-refractivity contribution in [1.29, 1.82) is 0 Å². The fourth-order valence-corrected chi connectivity index (χ4v) is 1.40. The molecule has 0 aromatic heterocycles. The highest BCUT2D eigenvalue weighted by Crippen LogP contribution is 2.33. The van der Waals surface area contributed by atoms with Gasteiger partial charge in [0.2, 0.25) is 0 Å². The van der Waals surface area contributed by atoms with Crippen molar-refractivity contribution >= 4 is 5.78 Å². The fraction of sp³-hybridized carbons (Fsp3) is 0.909. The topological polar surface area (TPSA) is 29.1 Å². The van der Waals surface area contributed by atoms with Gasteiger partial charge in [0.1, 0.15) is 5.78 Å². The number of hydrogen-bond acceptors (Lipinski definition) is 2. The number of ketones is 1. The molecule has 0 spiro atoms. The number of Topliss-reactive ketones (excluding diaryl/α,β-unsaturated/α-hetero) is 1. The number of carbonyl (C=O) groups is 1. The Morgan fingerprint density at radius 3 is 2.62 bits per heavy atom. The first kappa shape index (κ1) is 10.7. The minimum absolute atomic E-state index is 0.431. The van der Waals surface area contributed by atoms with E-state index >= 15 is 0 Å². The fourth-order valence-electron chi connectivity index (χ4n) is 1.40. The molecule has 1 fully saturated rings. The molecule has 0 aromatic carbocycles. The summed E-state index contributed by atoms with van der Waals surface area (Å²) in [7, 11) is 0. The lowest BCUT2D eigenvalue weighted by Crippen LogP contribution is -2.25. The lowest BCUT2D eigenvalue weighted by molar-refractivity contribution is -0.119. The standard InChI is InChI=1S/C11H21NO/c1-9(2)12-8-7-11(13)6-5-10-3-4-10/h9-10,12H,3-8H2,1-2H3. The van der Waals surface area contributed by atoms with E-state index in [9.17, 15) is 4.79 Å². The summed E-state index contributed by atoms with van der Waals surface area (Å²) in [4.78, 5) is 11.3. The van der Waals surface area contributed by atoms with Gasteiger partial charge in [-0.15, -0.1) is 0 Å². The number of nitrogens with one attached hydrogen (secondary N) is 1. The average Bonchev–Trinajstić information content (AvgIpc) is 2.83. The number of carbonyl (C=O) groups excluding carboxylic acids is 1. The molecular weight excluding hydrogens is 162 g/mol. The van der Waals surface area contributed by atoms with Crippen molar-refractivity contribution in [2.45, 2.75) is 52.0 Å². The Morgan fingerprint density at radius 2 is 2.08 bits per heavy atom. The Labute approximate surface area is 81.1 Å². The highest BCUT2D eigenvalue weighted by Gasteiger charge is 2.21. The van der Waals surface area contributed by atoms with Crippen molar-refractivity contribution in [2.75, 3.05) is 6.54 Å². The van der Waals surface area contributed by atoms with Gasteiger partial charge in [-0.25, -0.2) is 0 Å². The molecule has 0 amide bonds. The SMILES string of the molecule is CC(C)NCCC(=O)CCC1CC1. The van der Waals surface area contributed by atoms with Crippen LogP contribution in [0.2, 0.25) is 0 Å². The quantitative estimate of drug-likeness (QED) is 0.655. The van der Waals surface area contributed by atoms with Crippen LogP contribution in [-0.2, 0) is 4.79 Å². The Kier molecular flexibility index (Phi) is 4.43. The third-order valence-electron chi connectivity index (χ3n) is 2.48. The Morgan fingerprint density at radius 1 is 1.38 bits per heavy atom. The predicted molar refractivity (Wildman–Crippen MR) is 54.7 cm³/mol. The largest absolute Gasteiger partial charge is 0.314 e.